The van der Waals surface area contributed by atoms with E-state index < -0.39 is 12.0 Å². The Balaban J connectivity index is 1.51. The molecule has 3 aromatic carbocycles. The van der Waals surface area contributed by atoms with Crippen molar-refractivity contribution >= 4 is 35.3 Å². The van der Waals surface area contributed by atoms with Gasteiger partial charge in [-0.3, -0.25) is 4.79 Å². The first-order valence-corrected chi connectivity index (χ1v) is 13.1. The van der Waals surface area contributed by atoms with Crippen molar-refractivity contribution in [3.05, 3.63) is 112 Å². The Hall–Kier alpha value is -4.37. The van der Waals surface area contributed by atoms with Crippen LogP contribution in [0.4, 0.5) is 11.6 Å². The van der Waals surface area contributed by atoms with Gasteiger partial charge < -0.3 is 15.7 Å². The van der Waals surface area contributed by atoms with Crippen molar-refractivity contribution in [3.8, 4) is 0 Å². The number of carboxylic acids is 1. The number of nitrogens with one attached hydrogen (secondary N) is 2. The normalized spacial score (nSPS) is 14.6. The Morgan fingerprint density at radius 2 is 1.76 bits per heavy atom. The van der Waals surface area contributed by atoms with Gasteiger partial charge in [-0.25, -0.2) is 9.48 Å². The number of rotatable bonds is 7. The number of anilines is 2. The minimum Gasteiger partial charge on any atom is -0.478 e. The average molecular weight is 526 g/mol. The number of hydrogen-bond acceptors (Lipinski definition) is 6. The maximum atomic E-state index is 13.7. The minimum atomic E-state index is -1.01. The van der Waals surface area contributed by atoms with Gasteiger partial charge in [0.05, 0.1) is 11.1 Å². The standard InChI is InChI=1S/C29H27N5O3S/c1-17-9-14-23(18(2)15-17)31-26(35)24-19(3)30-28-32-29(38-16-20-7-5-4-6-8-20)33-34(28)25(24)21-10-12-22(13-11-21)27(36)37/h4-15,25H,16H2,1-3H3,(H,31,35)(H,36,37)(H,30,32,33)/t25-/m1/s1. The lowest BCUT2D eigenvalue weighted by atomic mass is 9.94. The molecule has 0 bridgehead atoms. The van der Waals surface area contributed by atoms with Crippen LogP contribution in [0.1, 0.15) is 45.6 Å². The zero-order valence-corrected chi connectivity index (χ0v) is 22.0. The number of aryl methyl sites for hydroxylation is 2. The maximum absolute atomic E-state index is 13.7. The van der Waals surface area contributed by atoms with E-state index in [0.717, 1.165) is 27.9 Å². The van der Waals surface area contributed by atoms with Gasteiger partial charge in [-0.15, -0.1) is 5.10 Å². The molecule has 1 aliphatic heterocycles. The molecule has 1 aliphatic rings. The summed E-state index contributed by atoms with van der Waals surface area (Å²) in [6.45, 7) is 5.80. The number of thioether (sulfide) groups is 1. The molecule has 0 spiro atoms. The topological polar surface area (TPSA) is 109 Å². The highest BCUT2D eigenvalue weighted by Gasteiger charge is 2.34. The molecule has 4 aromatic rings. The van der Waals surface area contributed by atoms with Gasteiger partial charge in [-0.1, -0.05) is 71.9 Å². The summed E-state index contributed by atoms with van der Waals surface area (Å²) >= 11 is 1.51. The number of hydrogen-bond donors (Lipinski definition) is 3. The number of aromatic carboxylic acids is 1. The van der Waals surface area contributed by atoms with Crippen LogP contribution >= 0.6 is 11.8 Å². The molecular formula is C29H27N5O3S. The third-order valence-electron chi connectivity index (χ3n) is 6.39. The number of aromatic nitrogens is 3. The summed E-state index contributed by atoms with van der Waals surface area (Å²) < 4.78 is 1.70. The summed E-state index contributed by atoms with van der Waals surface area (Å²) in [7, 11) is 0. The van der Waals surface area contributed by atoms with E-state index in [-0.39, 0.29) is 11.5 Å². The zero-order chi connectivity index (χ0) is 26.8. The van der Waals surface area contributed by atoms with Crippen LogP contribution in [-0.4, -0.2) is 31.7 Å². The number of nitrogens with zero attached hydrogens (tertiary/aromatic N) is 3. The predicted molar refractivity (Wildman–Crippen MR) is 148 cm³/mol. The van der Waals surface area contributed by atoms with E-state index in [1.807, 2.05) is 57.2 Å². The summed E-state index contributed by atoms with van der Waals surface area (Å²) in [6.07, 6.45) is 0. The molecule has 5 rings (SSSR count). The SMILES string of the molecule is CC1=C(C(=O)Nc2ccc(C)cc2C)[C@@H](c2ccc(C(=O)O)cc2)n2nc(SCc3ccccc3)nc2N1. The zero-order valence-electron chi connectivity index (χ0n) is 21.2. The first-order valence-electron chi connectivity index (χ1n) is 12.1. The smallest absolute Gasteiger partial charge is 0.335 e. The number of allylic oxidation sites excluding steroid dienone is 1. The molecule has 1 amide bonds. The Morgan fingerprint density at radius 1 is 1.03 bits per heavy atom. The Bertz CT molecular complexity index is 1540. The lowest BCUT2D eigenvalue weighted by molar-refractivity contribution is -0.113. The van der Waals surface area contributed by atoms with Gasteiger partial charge in [0.25, 0.3) is 5.91 Å². The van der Waals surface area contributed by atoms with E-state index in [1.54, 1.807) is 16.8 Å². The van der Waals surface area contributed by atoms with E-state index in [4.69, 9.17) is 5.10 Å². The molecule has 0 saturated heterocycles. The molecule has 0 fully saturated rings. The molecule has 1 atom stereocenters. The quantitative estimate of drug-likeness (QED) is 0.261. The average Bonchev–Trinajstić information content (AvgIpc) is 3.31. The highest BCUT2D eigenvalue weighted by molar-refractivity contribution is 7.98. The number of amides is 1. The second-order valence-electron chi connectivity index (χ2n) is 9.20. The van der Waals surface area contributed by atoms with E-state index in [2.05, 4.69) is 27.8 Å². The molecule has 9 heteroatoms. The van der Waals surface area contributed by atoms with Crippen LogP contribution in [0, 0.1) is 13.8 Å². The van der Waals surface area contributed by atoms with Crippen LogP contribution in [0.25, 0.3) is 0 Å². The summed E-state index contributed by atoms with van der Waals surface area (Å²) in [6, 6.07) is 21.9. The molecule has 3 N–H and O–H groups in total. The number of fused-ring (bicyclic) bond motifs is 1. The lowest BCUT2D eigenvalue weighted by Gasteiger charge is -2.29. The van der Waals surface area contributed by atoms with Crippen LogP contribution in [-0.2, 0) is 10.5 Å². The molecule has 0 unspecified atom stereocenters. The molecule has 2 heterocycles. The highest BCUT2D eigenvalue weighted by atomic mass is 32.2. The number of carbonyl (C=O) groups excluding carboxylic acids is 1. The van der Waals surface area contributed by atoms with E-state index in [0.29, 0.717) is 28.1 Å². The lowest BCUT2D eigenvalue weighted by Crippen LogP contribution is -2.31. The van der Waals surface area contributed by atoms with E-state index in [9.17, 15) is 14.7 Å². The molecule has 192 valence electrons. The third-order valence-corrected chi connectivity index (χ3v) is 7.30. The van der Waals surface area contributed by atoms with Crippen molar-refractivity contribution < 1.29 is 14.7 Å². The second-order valence-corrected chi connectivity index (χ2v) is 10.1. The summed E-state index contributed by atoms with van der Waals surface area (Å²) in [5.41, 5.74) is 5.98. The maximum Gasteiger partial charge on any atom is 0.335 e. The van der Waals surface area contributed by atoms with Crippen LogP contribution in [0.15, 0.2) is 89.2 Å². The van der Waals surface area contributed by atoms with E-state index >= 15 is 0 Å². The number of benzene rings is 3. The van der Waals surface area contributed by atoms with Crippen LogP contribution < -0.4 is 10.6 Å². The Kier molecular flexibility index (Phi) is 7.02. The molecule has 1 aromatic heterocycles. The Labute approximate surface area is 224 Å². The monoisotopic (exact) mass is 525 g/mol. The molecule has 0 radical (unpaired) electrons. The van der Waals surface area contributed by atoms with Gasteiger partial charge >= 0.3 is 5.97 Å². The molecular weight excluding hydrogens is 498 g/mol. The molecule has 0 saturated carbocycles. The van der Waals surface area contributed by atoms with Gasteiger partial charge in [0.2, 0.25) is 11.1 Å². The highest BCUT2D eigenvalue weighted by Crippen LogP contribution is 2.37. The van der Waals surface area contributed by atoms with Gasteiger partial charge in [-0.2, -0.15) is 4.98 Å². The van der Waals surface area contributed by atoms with Crippen molar-refractivity contribution in [1.29, 1.82) is 0 Å². The molecule has 0 aliphatic carbocycles. The van der Waals surface area contributed by atoms with Crippen molar-refractivity contribution in [3.63, 3.8) is 0 Å². The molecule has 8 nitrogen and oxygen atoms in total. The second kappa shape index (κ2) is 10.5. The van der Waals surface area contributed by atoms with Crippen molar-refractivity contribution in [2.45, 2.75) is 37.7 Å². The van der Waals surface area contributed by atoms with Gasteiger partial charge in [-0.05, 0) is 55.7 Å². The van der Waals surface area contributed by atoms with Crippen LogP contribution in [0.3, 0.4) is 0 Å². The summed E-state index contributed by atoms with van der Waals surface area (Å²) in [5.74, 6) is -0.0564. The van der Waals surface area contributed by atoms with Crippen LogP contribution in [0.5, 0.6) is 0 Å². The van der Waals surface area contributed by atoms with Crippen molar-refractivity contribution in [1.82, 2.24) is 14.8 Å². The van der Waals surface area contributed by atoms with Crippen molar-refractivity contribution in [2.75, 3.05) is 10.6 Å². The predicted octanol–water partition coefficient (Wildman–Crippen LogP) is 5.81. The van der Waals surface area contributed by atoms with E-state index in [1.165, 1.54) is 23.9 Å². The summed E-state index contributed by atoms with van der Waals surface area (Å²) in [4.78, 5) is 29.9. The van der Waals surface area contributed by atoms with Crippen molar-refractivity contribution in [2.24, 2.45) is 0 Å². The minimum absolute atomic E-state index is 0.169. The van der Waals surface area contributed by atoms with Gasteiger partial charge in [0.15, 0.2) is 0 Å². The summed E-state index contributed by atoms with van der Waals surface area (Å²) in [5, 5.41) is 21.0. The largest absolute Gasteiger partial charge is 0.478 e. The first-order chi connectivity index (χ1) is 18.3. The number of carbonyl (C=O) groups is 2. The fourth-order valence-electron chi connectivity index (χ4n) is 4.47. The Morgan fingerprint density at radius 3 is 2.45 bits per heavy atom. The third kappa shape index (κ3) is 5.19. The fraction of sp³-hybridized carbons (Fsp3) is 0.172. The first kappa shape index (κ1) is 25.3. The van der Waals surface area contributed by atoms with Gasteiger partial charge in [0.1, 0.15) is 6.04 Å². The number of carboxylic acid groups (broad SMARTS) is 1. The fourth-order valence-corrected chi connectivity index (χ4v) is 5.25. The van der Waals surface area contributed by atoms with Crippen LogP contribution in [0.2, 0.25) is 0 Å². The van der Waals surface area contributed by atoms with Gasteiger partial charge in [0, 0.05) is 17.1 Å². The molecule has 38 heavy (non-hydrogen) atoms.